The molecule has 22 heavy (non-hydrogen) atoms. The quantitative estimate of drug-likeness (QED) is 0.746. The van der Waals surface area contributed by atoms with Crippen molar-refractivity contribution in [2.24, 2.45) is 0 Å². The fourth-order valence-electron chi connectivity index (χ4n) is 2.05. The van der Waals surface area contributed by atoms with E-state index < -0.39 is 0 Å². The first-order valence-corrected chi connectivity index (χ1v) is 7.90. The van der Waals surface area contributed by atoms with Crippen molar-refractivity contribution in [3.8, 4) is 0 Å². The number of aryl methyl sites for hydroxylation is 1. The normalized spacial score (nSPS) is 10.5. The number of amides is 1. The lowest BCUT2D eigenvalue weighted by molar-refractivity contribution is -0.122. The highest BCUT2D eigenvalue weighted by molar-refractivity contribution is 6.42. The third-order valence-electron chi connectivity index (χ3n) is 3.22. The van der Waals surface area contributed by atoms with Crippen LogP contribution in [0.15, 0.2) is 48.5 Å². The van der Waals surface area contributed by atoms with Crippen LogP contribution < -0.4 is 10.9 Å². The Morgan fingerprint density at radius 3 is 2.45 bits per heavy atom. The molecule has 0 saturated heterocycles. The average molecular weight is 337 g/mol. The topological polar surface area (TPSA) is 41.1 Å². The van der Waals surface area contributed by atoms with Gasteiger partial charge in [0.25, 0.3) is 0 Å². The van der Waals surface area contributed by atoms with E-state index in [1.807, 2.05) is 42.5 Å². The number of hydrazine groups is 1. The van der Waals surface area contributed by atoms with Crippen molar-refractivity contribution < 1.29 is 4.79 Å². The summed E-state index contributed by atoms with van der Waals surface area (Å²) in [7, 11) is 0. The maximum Gasteiger partial charge on any atom is 0.234 e. The molecule has 2 aromatic carbocycles. The molecule has 5 heteroatoms. The van der Waals surface area contributed by atoms with E-state index >= 15 is 0 Å². The standard InChI is InChI=1S/C17H18Cl2N2O/c18-15-10-9-13(11-16(15)19)7-4-8-17(22)21-20-12-14-5-2-1-3-6-14/h1-3,5-6,9-11,20H,4,7-8,12H2,(H,21,22). The molecule has 2 rings (SSSR count). The van der Waals surface area contributed by atoms with Crippen LogP contribution in [0.2, 0.25) is 10.0 Å². The number of halogens is 2. The van der Waals surface area contributed by atoms with E-state index in [9.17, 15) is 4.79 Å². The lowest BCUT2D eigenvalue weighted by Crippen LogP contribution is -2.36. The molecule has 0 aliphatic carbocycles. The molecule has 0 aromatic heterocycles. The minimum absolute atomic E-state index is 0.0176. The smallest absolute Gasteiger partial charge is 0.234 e. The van der Waals surface area contributed by atoms with Crippen molar-refractivity contribution >= 4 is 29.1 Å². The van der Waals surface area contributed by atoms with Crippen LogP contribution in [0.3, 0.4) is 0 Å². The molecule has 0 aliphatic heterocycles. The van der Waals surface area contributed by atoms with Gasteiger partial charge in [0.05, 0.1) is 10.0 Å². The second kappa shape index (κ2) is 8.79. The Bertz CT molecular complexity index is 617. The van der Waals surface area contributed by atoms with Crippen LogP contribution in [0.5, 0.6) is 0 Å². The van der Waals surface area contributed by atoms with Crippen LogP contribution in [-0.4, -0.2) is 5.91 Å². The third-order valence-corrected chi connectivity index (χ3v) is 3.96. The zero-order valence-corrected chi connectivity index (χ0v) is 13.6. The Morgan fingerprint density at radius 1 is 0.955 bits per heavy atom. The van der Waals surface area contributed by atoms with E-state index in [-0.39, 0.29) is 5.91 Å². The molecule has 0 saturated carbocycles. The fourth-order valence-corrected chi connectivity index (χ4v) is 2.37. The second-order valence-corrected chi connectivity index (χ2v) is 5.80. The molecule has 116 valence electrons. The number of rotatable bonds is 7. The predicted octanol–water partition coefficient (Wildman–Crippen LogP) is 4.14. The van der Waals surface area contributed by atoms with Crippen LogP contribution in [0, 0.1) is 0 Å². The van der Waals surface area contributed by atoms with Crippen molar-refractivity contribution in [2.45, 2.75) is 25.8 Å². The van der Waals surface area contributed by atoms with Gasteiger partial charge in [-0.15, -0.1) is 0 Å². The number of hydrogen-bond acceptors (Lipinski definition) is 2. The van der Waals surface area contributed by atoms with Gasteiger partial charge in [-0.1, -0.05) is 59.6 Å². The number of carbonyl (C=O) groups is 1. The van der Waals surface area contributed by atoms with Crippen LogP contribution >= 0.6 is 23.2 Å². The van der Waals surface area contributed by atoms with Gasteiger partial charge in [0.15, 0.2) is 0 Å². The first kappa shape index (κ1) is 16.8. The monoisotopic (exact) mass is 336 g/mol. The number of nitrogens with one attached hydrogen (secondary N) is 2. The van der Waals surface area contributed by atoms with E-state index in [2.05, 4.69) is 10.9 Å². The van der Waals surface area contributed by atoms with E-state index in [4.69, 9.17) is 23.2 Å². The fraction of sp³-hybridized carbons (Fsp3) is 0.235. The molecule has 2 N–H and O–H groups in total. The number of benzene rings is 2. The summed E-state index contributed by atoms with van der Waals surface area (Å²) in [6.45, 7) is 0.610. The predicted molar refractivity (Wildman–Crippen MR) is 90.8 cm³/mol. The lowest BCUT2D eigenvalue weighted by atomic mass is 10.1. The van der Waals surface area contributed by atoms with E-state index in [1.165, 1.54) is 0 Å². The molecule has 0 unspecified atom stereocenters. The number of hydrogen-bond donors (Lipinski definition) is 2. The maximum atomic E-state index is 11.7. The molecule has 0 aliphatic rings. The molecule has 0 fully saturated rings. The van der Waals surface area contributed by atoms with Crippen molar-refractivity contribution in [1.29, 1.82) is 0 Å². The second-order valence-electron chi connectivity index (χ2n) is 4.99. The van der Waals surface area contributed by atoms with Gasteiger partial charge in [0, 0.05) is 13.0 Å². The van der Waals surface area contributed by atoms with E-state index in [0.29, 0.717) is 23.0 Å². The highest BCUT2D eigenvalue weighted by atomic mass is 35.5. The summed E-state index contributed by atoms with van der Waals surface area (Å²) in [5.41, 5.74) is 7.84. The van der Waals surface area contributed by atoms with Gasteiger partial charge >= 0.3 is 0 Å². The summed E-state index contributed by atoms with van der Waals surface area (Å²) in [6.07, 6.45) is 2.02. The summed E-state index contributed by atoms with van der Waals surface area (Å²) in [5, 5.41) is 1.10. The van der Waals surface area contributed by atoms with E-state index in [1.54, 1.807) is 6.07 Å². The van der Waals surface area contributed by atoms with Gasteiger partial charge in [-0.05, 0) is 36.1 Å². The van der Waals surface area contributed by atoms with Gasteiger partial charge in [-0.25, -0.2) is 5.43 Å². The summed E-state index contributed by atoms with van der Waals surface area (Å²) < 4.78 is 0. The first-order valence-electron chi connectivity index (χ1n) is 7.15. The van der Waals surface area contributed by atoms with E-state index in [0.717, 1.165) is 24.0 Å². The average Bonchev–Trinajstić information content (AvgIpc) is 2.52. The van der Waals surface area contributed by atoms with Gasteiger partial charge in [0.1, 0.15) is 0 Å². The zero-order chi connectivity index (χ0) is 15.8. The van der Waals surface area contributed by atoms with Crippen molar-refractivity contribution in [1.82, 2.24) is 10.9 Å². The van der Waals surface area contributed by atoms with Gasteiger partial charge in [0.2, 0.25) is 5.91 Å². The largest absolute Gasteiger partial charge is 0.291 e. The lowest BCUT2D eigenvalue weighted by Gasteiger charge is -2.07. The zero-order valence-electron chi connectivity index (χ0n) is 12.1. The Labute approximate surface area is 140 Å². The minimum atomic E-state index is -0.0176. The highest BCUT2D eigenvalue weighted by Gasteiger charge is 2.03. The summed E-state index contributed by atoms with van der Waals surface area (Å²) in [6, 6.07) is 15.5. The molecule has 0 radical (unpaired) electrons. The summed E-state index contributed by atoms with van der Waals surface area (Å²) >= 11 is 11.8. The Hall–Kier alpha value is -1.55. The molecule has 2 aromatic rings. The summed E-state index contributed by atoms with van der Waals surface area (Å²) in [5.74, 6) is -0.0176. The Kier molecular flexibility index (Phi) is 6.72. The van der Waals surface area contributed by atoms with Gasteiger partial charge < -0.3 is 0 Å². The minimum Gasteiger partial charge on any atom is -0.291 e. The number of carbonyl (C=O) groups excluding carboxylic acids is 1. The Morgan fingerprint density at radius 2 is 1.73 bits per heavy atom. The third kappa shape index (κ3) is 5.68. The van der Waals surface area contributed by atoms with Crippen LogP contribution in [-0.2, 0) is 17.8 Å². The molecule has 3 nitrogen and oxygen atoms in total. The highest BCUT2D eigenvalue weighted by Crippen LogP contribution is 2.23. The molecule has 0 atom stereocenters. The molecule has 0 spiro atoms. The molecule has 0 heterocycles. The van der Waals surface area contributed by atoms with Crippen LogP contribution in [0.4, 0.5) is 0 Å². The Balaban J connectivity index is 1.64. The van der Waals surface area contributed by atoms with Gasteiger partial charge in [-0.2, -0.15) is 0 Å². The van der Waals surface area contributed by atoms with Crippen molar-refractivity contribution in [2.75, 3.05) is 0 Å². The van der Waals surface area contributed by atoms with Crippen LogP contribution in [0.25, 0.3) is 0 Å². The molecular formula is C17H18Cl2N2O. The summed E-state index contributed by atoms with van der Waals surface area (Å²) in [4.78, 5) is 11.7. The van der Waals surface area contributed by atoms with Crippen molar-refractivity contribution in [3.63, 3.8) is 0 Å². The maximum absolute atomic E-state index is 11.7. The molecule has 1 amide bonds. The van der Waals surface area contributed by atoms with Crippen LogP contribution in [0.1, 0.15) is 24.0 Å². The molecule has 0 bridgehead atoms. The first-order chi connectivity index (χ1) is 10.6. The van der Waals surface area contributed by atoms with Crippen molar-refractivity contribution in [3.05, 3.63) is 69.7 Å². The SMILES string of the molecule is O=C(CCCc1ccc(Cl)c(Cl)c1)NNCc1ccccc1. The van der Waals surface area contributed by atoms with Gasteiger partial charge in [-0.3, -0.25) is 10.2 Å². The molecular weight excluding hydrogens is 319 g/mol.